The lowest BCUT2D eigenvalue weighted by molar-refractivity contribution is -0.139. The number of nitrogens with one attached hydrogen (secondary N) is 1. The summed E-state index contributed by atoms with van der Waals surface area (Å²) in [4.78, 5) is 24.7. The summed E-state index contributed by atoms with van der Waals surface area (Å²) in [6, 6.07) is 25.6. The van der Waals surface area contributed by atoms with Crippen LogP contribution in [-0.2, 0) is 11.2 Å². The highest BCUT2D eigenvalue weighted by Crippen LogP contribution is 2.21. The molecule has 1 amide bonds. The molecule has 4 rings (SSSR count). The molecule has 0 heterocycles. The Kier molecular flexibility index (Phi) is 4.77. The third-order valence-corrected chi connectivity index (χ3v) is 4.94. The van der Waals surface area contributed by atoms with Crippen molar-refractivity contribution in [3.8, 4) is 0 Å². The molecule has 0 spiro atoms. The molecule has 4 heteroatoms. The quantitative estimate of drug-likeness (QED) is 0.547. The second-order valence-electron chi connectivity index (χ2n) is 6.73. The molecule has 0 aromatic heterocycles. The SMILES string of the molecule is O=C(N[C@@H](Cc1cccc2ccccc12)C(=O)O)c1cccc2ccccc12. The minimum atomic E-state index is -1.05. The number of rotatable bonds is 5. The van der Waals surface area contributed by atoms with Crippen molar-refractivity contribution in [1.29, 1.82) is 0 Å². The third-order valence-electron chi connectivity index (χ3n) is 4.94. The molecule has 0 unspecified atom stereocenters. The molecular weight excluding hydrogens is 350 g/mol. The monoisotopic (exact) mass is 369 g/mol. The van der Waals surface area contributed by atoms with E-state index in [4.69, 9.17) is 0 Å². The van der Waals surface area contributed by atoms with E-state index in [1.807, 2.05) is 72.8 Å². The van der Waals surface area contributed by atoms with E-state index in [-0.39, 0.29) is 12.3 Å². The lowest BCUT2D eigenvalue weighted by atomic mass is 9.98. The zero-order valence-electron chi connectivity index (χ0n) is 15.1. The Labute approximate surface area is 162 Å². The number of fused-ring (bicyclic) bond motifs is 2. The van der Waals surface area contributed by atoms with Crippen LogP contribution >= 0.6 is 0 Å². The van der Waals surface area contributed by atoms with E-state index in [0.29, 0.717) is 5.56 Å². The largest absolute Gasteiger partial charge is 0.480 e. The van der Waals surface area contributed by atoms with Crippen LogP contribution in [0.3, 0.4) is 0 Å². The maximum Gasteiger partial charge on any atom is 0.326 e. The van der Waals surface area contributed by atoms with Gasteiger partial charge in [0.25, 0.3) is 5.91 Å². The van der Waals surface area contributed by atoms with Gasteiger partial charge in [-0.2, -0.15) is 0 Å². The van der Waals surface area contributed by atoms with Crippen LogP contribution in [0.15, 0.2) is 84.9 Å². The summed E-state index contributed by atoms with van der Waals surface area (Å²) in [6.45, 7) is 0. The van der Waals surface area contributed by atoms with Gasteiger partial charge in [0.2, 0.25) is 0 Å². The van der Waals surface area contributed by atoms with Gasteiger partial charge in [-0.05, 0) is 33.2 Å². The van der Waals surface area contributed by atoms with Gasteiger partial charge in [0.05, 0.1) is 0 Å². The van der Waals surface area contributed by atoms with Crippen molar-refractivity contribution < 1.29 is 14.7 Å². The lowest BCUT2D eigenvalue weighted by Gasteiger charge is -2.17. The molecule has 0 aliphatic heterocycles. The average Bonchev–Trinajstić information content (AvgIpc) is 2.73. The molecule has 4 aromatic carbocycles. The summed E-state index contributed by atoms with van der Waals surface area (Å²) in [5, 5.41) is 16.2. The molecular formula is C24H19NO3. The number of hydrogen-bond donors (Lipinski definition) is 2. The highest BCUT2D eigenvalue weighted by molar-refractivity contribution is 6.08. The van der Waals surface area contributed by atoms with Crippen LogP contribution in [0.1, 0.15) is 15.9 Å². The highest BCUT2D eigenvalue weighted by atomic mass is 16.4. The summed E-state index contributed by atoms with van der Waals surface area (Å²) < 4.78 is 0. The first-order valence-corrected chi connectivity index (χ1v) is 9.11. The fraction of sp³-hybridized carbons (Fsp3) is 0.0833. The molecule has 2 N–H and O–H groups in total. The van der Waals surface area contributed by atoms with Gasteiger partial charge in [-0.15, -0.1) is 0 Å². The van der Waals surface area contributed by atoms with E-state index in [0.717, 1.165) is 27.1 Å². The predicted molar refractivity (Wildman–Crippen MR) is 110 cm³/mol. The van der Waals surface area contributed by atoms with Crippen LogP contribution in [0, 0.1) is 0 Å². The fourth-order valence-corrected chi connectivity index (χ4v) is 3.55. The van der Waals surface area contributed by atoms with E-state index in [9.17, 15) is 14.7 Å². The summed E-state index contributed by atoms with van der Waals surface area (Å²) in [5.41, 5.74) is 1.37. The van der Waals surface area contributed by atoms with Crippen molar-refractivity contribution in [2.45, 2.75) is 12.5 Å². The summed E-state index contributed by atoms with van der Waals surface area (Å²) in [7, 11) is 0. The predicted octanol–water partition coefficient (Wildman–Crippen LogP) is 4.42. The minimum absolute atomic E-state index is 0.215. The molecule has 0 bridgehead atoms. The van der Waals surface area contributed by atoms with Crippen molar-refractivity contribution in [2.75, 3.05) is 0 Å². The zero-order valence-corrected chi connectivity index (χ0v) is 15.1. The zero-order chi connectivity index (χ0) is 19.5. The summed E-state index contributed by atoms with van der Waals surface area (Å²) in [5.74, 6) is -1.44. The van der Waals surface area contributed by atoms with Crippen LogP contribution in [-0.4, -0.2) is 23.0 Å². The van der Waals surface area contributed by atoms with Gasteiger partial charge >= 0.3 is 5.97 Å². The molecule has 4 nitrogen and oxygen atoms in total. The molecule has 0 aliphatic rings. The molecule has 138 valence electrons. The number of aliphatic carboxylic acids is 1. The van der Waals surface area contributed by atoms with Gasteiger partial charge in [-0.25, -0.2) is 4.79 Å². The number of carbonyl (C=O) groups is 2. The molecule has 0 radical (unpaired) electrons. The Morgan fingerprint density at radius 1 is 0.750 bits per heavy atom. The number of benzene rings is 4. The summed E-state index contributed by atoms with van der Waals surface area (Å²) in [6.07, 6.45) is 0.215. The van der Waals surface area contributed by atoms with E-state index in [2.05, 4.69) is 5.32 Å². The fourth-order valence-electron chi connectivity index (χ4n) is 3.55. The van der Waals surface area contributed by atoms with Crippen molar-refractivity contribution in [3.63, 3.8) is 0 Å². The maximum absolute atomic E-state index is 12.9. The number of carboxylic acid groups (broad SMARTS) is 1. The molecule has 4 aromatic rings. The van der Waals surface area contributed by atoms with Gasteiger partial charge in [0.15, 0.2) is 0 Å². The van der Waals surface area contributed by atoms with Gasteiger partial charge in [-0.3, -0.25) is 4.79 Å². The van der Waals surface area contributed by atoms with E-state index < -0.39 is 12.0 Å². The number of amides is 1. The van der Waals surface area contributed by atoms with Crippen LogP contribution in [0.25, 0.3) is 21.5 Å². The Morgan fingerprint density at radius 2 is 1.32 bits per heavy atom. The number of carbonyl (C=O) groups excluding carboxylic acids is 1. The maximum atomic E-state index is 12.9. The third kappa shape index (κ3) is 3.45. The van der Waals surface area contributed by atoms with Gasteiger partial charge in [0.1, 0.15) is 6.04 Å². The topological polar surface area (TPSA) is 66.4 Å². The normalized spacial score (nSPS) is 12.0. The van der Waals surface area contributed by atoms with Crippen LogP contribution < -0.4 is 5.32 Å². The second kappa shape index (κ2) is 7.53. The smallest absolute Gasteiger partial charge is 0.326 e. The molecule has 0 fully saturated rings. The van der Waals surface area contributed by atoms with Crippen molar-refractivity contribution in [3.05, 3.63) is 96.1 Å². The standard InChI is InChI=1S/C24H19NO3/c26-23(21-14-6-10-17-8-2-4-13-20(17)21)25-22(24(27)28)15-18-11-5-9-16-7-1-3-12-19(16)18/h1-14,22H,15H2,(H,25,26)(H,27,28)/t22-/m0/s1. The Hall–Kier alpha value is -3.66. The molecule has 0 aliphatic carbocycles. The first kappa shape index (κ1) is 17.7. The van der Waals surface area contributed by atoms with Gasteiger partial charge in [-0.1, -0.05) is 78.9 Å². The van der Waals surface area contributed by atoms with Gasteiger partial charge in [0, 0.05) is 12.0 Å². The molecule has 1 atom stereocenters. The Morgan fingerprint density at radius 3 is 2.04 bits per heavy atom. The summed E-state index contributed by atoms with van der Waals surface area (Å²) >= 11 is 0. The average molecular weight is 369 g/mol. The molecule has 0 saturated carbocycles. The number of carboxylic acids is 1. The Bertz CT molecular complexity index is 1170. The van der Waals surface area contributed by atoms with E-state index >= 15 is 0 Å². The van der Waals surface area contributed by atoms with Gasteiger partial charge < -0.3 is 10.4 Å². The molecule has 0 saturated heterocycles. The van der Waals surface area contributed by atoms with Crippen LogP contribution in [0.5, 0.6) is 0 Å². The van der Waals surface area contributed by atoms with Crippen molar-refractivity contribution >= 4 is 33.4 Å². The first-order valence-electron chi connectivity index (χ1n) is 9.11. The van der Waals surface area contributed by atoms with Crippen molar-refractivity contribution in [1.82, 2.24) is 5.32 Å². The second-order valence-corrected chi connectivity index (χ2v) is 6.73. The van der Waals surface area contributed by atoms with Crippen LogP contribution in [0.2, 0.25) is 0 Å². The first-order chi connectivity index (χ1) is 13.6. The Balaban J connectivity index is 1.63. The highest BCUT2D eigenvalue weighted by Gasteiger charge is 2.22. The van der Waals surface area contributed by atoms with E-state index in [1.54, 1.807) is 12.1 Å². The van der Waals surface area contributed by atoms with Crippen molar-refractivity contribution in [2.24, 2.45) is 0 Å². The van der Waals surface area contributed by atoms with E-state index in [1.165, 1.54) is 0 Å². The molecule has 28 heavy (non-hydrogen) atoms. The minimum Gasteiger partial charge on any atom is -0.480 e. The van der Waals surface area contributed by atoms with Crippen LogP contribution in [0.4, 0.5) is 0 Å². The lowest BCUT2D eigenvalue weighted by Crippen LogP contribution is -2.42. The number of hydrogen-bond acceptors (Lipinski definition) is 2.